The summed E-state index contributed by atoms with van der Waals surface area (Å²) < 4.78 is 0. The van der Waals surface area contributed by atoms with Crippen LogP contribution in [0.5, 0.6) is 0 Å². The fourth-order valence-electron chi connectivity index (χ4n) is 3.79. The van der Waals surface area contributed by atoms with Crippen molar-refractivity contribution in [2.24, 2.45) is 10.8 Å². The minimum atomic E-state index is 0.481. The Kier molecular flexibility index (Phi) is 7.53. The number of nitrogens with one attached hydrogen (secondary N) is 1. The first-order valence-corrected chi connectivity index (χ1v) is 9.02. The van der Waals surface area contributed by atoms with E-state index >= 15 is 0 Å². The van der Waals surface area contributed by atoms with E-state index in [2.05, 4.69) is 44.8 Å². The molecule has 0 saturated carbocycles. The lowest BCUT2D eigenvalue weighted by molar-refractivity contribution is 0.0558. The summed E-state index contributed by atoms with van der Waals surface area (Å²) in [5.41, 5.74) is 1.13. The van der Waals surface area contributed by atoms with E-state index in [-0.39, 0.29) is 0 Å². The summed E-state index contributed by atoms with van der Waals surface area (Å²) >= 11 is 0. The van der Waals surface area contributed by atoms with Crippen LogP contribution in [0.2, 0.25) is 0 Å². The highest BCUT2D eigenvalue weighted by atomic mass is 15.1. The number of rotatable bonds is 9. The van der Waals surface area contributed by atoms with Gasteiger partial charge in [0.25, 0.3) is 0 Å². The molecule has 2 heteroatoms. The molecule has 0 aromatic rings. The average Bonchev–Trinajstić information content (AvgIpc) is 2.52. The molecule has 1 fully saturated rings. The molecular weight excluding hydrogens is 244 g/mol. The lowest BCUT2D eigenvalue weighted by Crippen LogP contribution is -2.48. The molecule has 0 aromatic heterocycles. The monoisotopic (exact) mass is 282 g/mol. The van der Waals surface area contributed by atoms with Crippen LogP contribution in [-0.2, 0) is 0 Å². The van der Waals surface area contributed by atoms with Crippen molar-refractivity contribution in [2.45, 2.75) is 73.1 Å². The Hall–Kier alpha value is -0.0800. The largest absolute Gasteiger partial charge is 0.316 e. The first-order chi connectivity index (χ1) is 9.59. The van der Waals surface area contributed by atoms with Crippen LogP contribution in [0.25, 0.3) is 0 Å². The summed E-state index contributed by atoms with van der Waals surface area (Å²) in [5, 5.41) is 3.59. The summed E-state index contributed by atoms with van der Waals surface area (Å²) in [4.78, 5) is 2.74. The molecule has 1 saturated heterocycles. The lowest BCUT2D eigenvalue weighted by atomic mass is 9.73. The average molecular weight is 283 g/mol. The Morgan fingerprint density at radius 2 is 1.50 bits per heavy atom. The second kappa shape index (κ2) is 8.38. The molecule has 1 aliphatic heterocycles. The Labute approximate surface area is 127 Å². The number of nitrogens with zero attached hydrogens (tertiary/aromatic N) is 1. The SMILES string of the molecule is CCNCC(CC)(CC)CN1CCC(CC)(CC)CC1. The van der Waals surface area contributed by atoms with Gasteiger partial charge in [0.2, 0.25) is 0 Å². The number of hydrogen-bond donors (Lipinski definition) is 1. The second-order valence-electron chi connectivity index (χ2n) is 6.97. The van der Waals surface area contributed by atoms with Crippen molar-refractivity contribution in [3.63, 3.8) is 0 Å². The predicted octanol–water partition coefficient (Wildman–Crippen LogP) is 4.30. The van der Waals surface area contributed by atoms with Crippen LogP contribution < -0.4 is 5.32 Å². The van der Waals surface area contributed by atoms with Gasteiger partial charge in [-0.3, -0.25) is 0 Å². The van der Waals surface area contributed by atoms with Crippen LogP contribution in [0.3, 0.4) is 0 Å². The standard InChI is InChI=1S/C18H38N2/c1-6-17(7-2)11-13-20(14-12-17)16-18(8-3,9-4)15-19-10-5/h19H,6-16H2,1-5H3. The third-order valence-corrected chi connectivity index (χ3v) is 6.23. The molecule has 0 amide bonds. The molecule has 0 bridgehead atoms. The second-order valence-corrected chi connectivity index (χ2v) is 6.97. The van der Waals surface area contributed by atoms with Gasteiger partial charge < -0.3 is 10.2 Å². The zero-order valence-electron chi connectivity index (χ0n) is 14.7. The zero-order chi connectivity index (χ0) is 15.1. The van der Waals surface area contributed by atoms with E-state index in [4.69, 9.17) is 0 Å². The summed E-state index contributed by atoms with van der Waals surface area (Å²) in [7, 11) is 0. The lowest BCUT2D eigenvalue weighted by Gasteiger charge is -2.45. The van der Waals surface area contributed by atoms with Crippen molar-refractivity contribution >= 4 is 0 Å². The Balaban J connectivity index is 2.55. The molecule has 0 atom stereocenters. The van der Waals surface area contributed by atoms with Gasteiger partial charge in [0, 0.05) is 13.1 Å². The Morgan fingerprint density at radius 3 is 1.90 bits per heavy atom. The molecule has 20 heavy (non-hydrogen) atoms. The first-order valence-electron chi connectivity index (χ1n) is 9.02. The summed E-state index contributed by atoms with van der Waals surface area (Å²) in [6.07, 6.45) is 8.12. The molecule has 1 rings (SSSR count). The van der Waals surface area contributed by atoms with E-state index in [1.54, 1.807) is 0 Å². The maximum atomic E-state index is 3.59. The zero-order valence-corrected chi connectivity index (χ0v) is 14.7. The quantitative estimate of drug-likeness (QED) is 0.678. The van der Waals surface area contributed by atoms with Crippen molar-refractivity contribution in [2.75, 3.05) is 32.7 Å². The van der Waals surface area contributed by atoms with E-state index in [1.165, 1.54) is 64.7 Å². The smallest absolute Gasteiger partial charge is 0.00499 e. The van der Waals surface area contributed by atoms with Gasteiger partial charge in [0.05, 0.1) is 0 Å². The fourth-order valence-corrected chi connectivity index (χ4v) is 3.79. The van der Waals surface area contributed by atoms with Gasteiger partial charge in [-0.2, -0.15) is 0 Å². The number of piperidine rings is 1. The Morgan fingerprint density at radius 1 is 0.950 bits per heavy atom. The predicted molar refractivity (Wildman–Crippen MR) is 90.2 cm³/mol. The molecule has 0 unspecified atom stereocenters. The number of hydrogen-bond acceptors (Lipinski definition) is 2. The third-order valence-electron chi connectivity index (χ3n) is 6.23. The normalized spacial score (nSPS) is 20.2. The van der Waals surface area contributed by atoms with Crippen LogP contribution in [0.4, 0.5) is 0 Å². The highest BCUT2D eigenvalue weighted by Crippen LogP contribution is 2.39. The van der Waals surface area contributed by atoms with Crippen molar-refractivity contribution < 1.29 is 0 Å². The molecule has 0 aliphatic carbocycles. The van der Waals surface area contributed by atoms with Gasteiger partial charge in [-0.1, -0.05) is 47.5 Å². The summed E-state index contributed by atoms with van der Waals surface area (Å²) in [6.45, 7) is 17.9. The first kappa shape index (κ1) is 18.0. The summed E-state index contributed by atoms with van der Waals surface area (Å²) in [5.74, 6) is 0. The van der Waals surface area contributed by atoms with Gasteiger partial charge in [0.1, 0.15) is 0 Å². The van der Waals surface area contributed by atoms with E-state index in [0.29, 0.717) is 10.8 Å². The van der Waals surface area contributed by atoms with Gasteiger partial charge >= 0.3 is 0 Å². The molecule has 1 N–H and O–H groups in total. The highest BCUT2D eigenvalue weighted by molar-refractivity contribution is 4.88. The molecule has 120 valence electrons. The van der Waals surface area contributed by atoms with E-state index in [9.17, 15) is 0 Å². The third kappa shape index (κ3) is 4.46. The van der Waals surface area contributed by atoms with Crippen molar-refractivity contribution in [3.05, 3.63) is 0 Å². The Bertz CT molecular complexity index is 244. The van der Waals surface area contributed by atoms with E-state index < -0.39 is 0 Å². The van der Waals surface area contributed by atoms with E-state index in [0.717, 1.165) is 6.54 Å². The molecule has 1 heterocycles. The van der Waals surface area contributed by atoms with Crippen LogP contribution in [0.15, 0.2) is 0 Å². The fraction of sp³-hybridized carbons (Fsp3) is 1.00. The number of likely N-dealkylation sites (tertiary alicyclic amines) is 1. The van der Waals surface area contributed by atoms with Crippen LogP contribution in [-0.4, -0.2) is 37.6 Å². The molecule has 0 aromatic carbocycles. The van der Waals surface area contributed by atoms with Gasteiger partial charge in [-0.15, -0.1) is 0 Å². The maximum Gasteiger partial charge on any atom is 0.00499 e. The minimum absolute atomic E-state index is 0.481. The van der Waals surface area contributed by atoms with E-state index in [1.807, 2.05) is 0 Å². The maximum absolute atomic E-state index is 3.59. The molecule has 1 aliphatic rings. The van der Waals surface area contributed by atoms with Crippen molar-refractivity contribution in [1.29, 1.82) is 0 Å². The molecular formula is C18H38N2. The van der Waals surface area contributed by atoms with Crippen LogP contribution in [0.1, 0.15) is 73.1 Å². The van der Waals surface area contributed by atoms with Gasteiger partial charge in [-0.05, 0) is 56.1 Å². The van der Waals surface area contributed by atoms with Crippen molar-refractivity contribution in [1.82, 2.24) is 10.2 Å². The summed E-state index contributed by atoms with van der Waals surface area (Å²) in [6, 6.07) is 0. The van der Waals surface area contributed by atoms with Crippen LogP contribution >= 0.6 is 0 Å². The van der Waals surface area contributed by atoms with Gasteiger partial charge in [0.15, 0.2) is 0 Å². The highest BCUT2D eigenvalue weighted by Gasteiger charge is 2.34. The molecule has 0 radical (unpaired) electrons. The van der Waals surface area contributed by atoms with Gasteiger partial charge in [-0.25, -0.2) is 0 Å². The van der Waals surface area contributed by atoms with Crippen molar-refractivity contribution in [3.8, 4) is 0 Å². The molecule has 0 spiro atoms. The molecule has 2 nitrogen and oxygen atoms in total. The topological polar surface area (TPSA) is 15.3 Å². The van der Waals surface area contributed by atoms with Crippen LogP contribution in [0, 0.1) is 10.8 Å². The minimum Gasteiger partial charge on any atom is -0.316 e.